The summed E-state index contributed by atoms with van der Waals surface area (Å²) in [6.45, 7) is 2.70. The SMILES string of the molecule is CCOc1ccccc1C(C(=O)NC1CCCCC1)N(CCc1ccccc1)C(=O)c1cnccn1. The number of amides is 2. The number of nitrogens with one attached hydrogen (secondary N) is 1. The van der Waals surface area contributed by atoms with Gasteiger partial charge in [-0.05, 0) is 37.8 Å². The summed E-state index contributed by atoms with van der Waals surface area (Å²) in [6, 6.07) is 16.7. The van der Waals surface area contributed by atoms with E-state index in [0.29, 0.717) is 30.9 Å². The van der Waals surface area contributed by atoms with Crippen molar-refractivity contribution < 1.29 is 14.3 Å². The van der Waals surface area contributed by atoms with Crippen LogP contribution in [0.2, 0.25) is 0 Å². The molecule has 1 saturated carbocycles. The summed E-state index contributed by atoms with van der Waals surface area (Å²) in [5.74, 6) is 0.0638. The molecule has 7 nitrogen and oxygen atoms in total. The Morgan fingerprint density at radius 2 is 1.78 bits per heavy atom. The van der Waals surface area contributed by atoms with Crippen molar-refractivity contribution in [2.45, 2.75) is 57.5 Å². The van der Waals surface area contributed by atoms with Crippen LogP contribution in [0.4, 0.5) is 0 Å². The van der Waals surface area contributed by atoms with Crippen LogP contribution >= 0.6 is 0 Å². The molecule has 7 heteroatoms. The molecular formula is C29H34N4O3. The van der Waals surface area contributed by atoms with Gasteiger partial charge in [0.05, 0.1) is 12.8 Å². The first kappa shape index (κ1) is 25.4. The highest BCUT2D eigenvalue weighted by atomic mass is 16.5. The van der Waals surface area contributed by atoms with Crippen LogP contribution < -0.4 is 10.1 Å². The highest BCUT2D eigenvalue weighted by molar-refractivity contribution is 5.96. The normalized spacial score (nSPS) is 14.6. The summed E-state index contributed by atoms with van der Waals surface area (Å²) in [4.78, 5) is 37.8. The van der Waals surface area contributed by atoms with E-state index in [1.54, 1.807) is 4.90 Å². The zero-order valence-corrected chi connectivity index (χ0v) is 20.8. The molecule has 0 saturated heterocycles. The number of hydrogen-bond acceptors (Lipinski definition) is 5. The minimum atomic E-state index is -0.868. The molecule has 0 bridgehead atoms. The zero-order valence-electron chi connectivity index (χ0n) is 20.8. The summed E-state index contributed by atoms with van der Waals surface area (Å²) < 4.78 is 5.91. The lowest BCUT2D eigenvalue weighted by Gasteiger charge is -2.34. The number of carbonyl (C=O) groups is 2. The highest BCUT2D eigenvalue weighted by Gasteiger charge is 2.35. The van der Waals surface area contributed by atoms with Crippen molar-refractivity contribution in [3.63, 3.8) is 0 Å². The van der Waals surface area contributed by atoms with Gasteiger partial charge in [-0.3, -0.25) is 14.6 Å². The van der Waals surface area contributed by atoms with E-state index in [1.807, 2.05) is 61.5 Å². The number of rotatable bonds is 10. The second-order valence-corrected chi connectivity index (χ2v) is 9.04. The smallest absolute Gasteiger partial charge is 0.275 e. The Labute approximate surface area is 212 Å². The molecule has 1 heterocycles. The van der Waals surface area contributed by atoms with E-state index in [2.05, 4.69) is 15.3 Å². The van der Waals surface area contributed by atoms with Gasteiger partial charge in [-0.25, -0.2) is 4.98 Å². The van der Waals surface area contributed by atoms with E-state index in [-0.39, 0.29) is 23.6 Å². The molecule has 3 aromatic rings. The number of carbonyl (C=O) groups excluding carboxylic acids is 2. The van der Waals surface area contributed by atoms with E-state index in [4.69, 9.17) is 4.74 Å². The van der Waals surface area contributed by atoms with Crippen LogP contribution in [-0.4, -0.2) is 45.9 Å². The number of hydrogen-bond donors (Lipinski definition) is 1. The highest BCUT2D eigenvalue weighted by Crippen LogP contribution is 2.32. The van der Waals surface area contributed by atoms with E-state index in [0.717, 1.165) is 31.2 Å². The first-order valence-electron chi connectivity index (χ1n) is 12.8. The molecule has 2 aromatic carbocycles. The predicted molar refractivity (Wildman–Crippen MR) is 139 cm³/mol. The van der Waals surface area contributed by atoms with Gasteiger partial charge in [0.2, 0.25) is 5.91 Å². The average molecular weight is 487 g/mol. The van der Waals surface area contributed by atoms with E-state index < -0.39 is 6.04 Å². The molecule has 1 fully saturated rings. The van der Waals surface area contributed by atoms with Crippen LogP contribution in [0.15, 0.2) is 73.2 Å². The molecule has 188 valence electrons. The number of ether oxygens (including phenoxy) is 1. The monoisotopic (exact) mass is 486 g/mol. The predicted octanol–water partition coefficient (Wildman–Crippen LogP) is 4.75. The third-order valence-corrected chi connectivity index (χ3v) is 6.55. The Morgan fingerprint density at radius 1 is 1.03 bits per heavy atom. The Hall–Kier alpha value is -3.74. The molecule has 0 spiro atoms. The second-order valence-electron chi connectivity index (χ2n) is 9.04. The maximum absolute atomic E-state index is 14.0. The lowest BCUT2D eigenvalue weighted by molar-refractivity contribution is -0.127. The molecule has 2 amide bonds. The summed E-state index contributed by atoms with van der Waals surface area (Å²) in [7, 11) is 0. The number of aromatic nitrogens is 2. The molecule has 36 heavy (non-hydrogen) atoms. The van der Waals surface area contributed by atoms with Crippen molar-refractivity contribution in [1.29, 1.82) is 0 Å². The van der Waals surface area contributed by atoms with Crippen molar-refractivity contribution in [2.75, 3.05) is 13.2 Å². The zero-order chi connectivity index (χ0) is 25.2. The Bertz CT molecular complexity index is 1120. The molecule has 1 unspecified atom stereocenters. The van der Waals surface area contributed by atoms with E-state index in [1.165, 1.54) is 25.0 Å². The fourth-order valence-corrected chi connectivity index (χ4v) is 4.77. The fraction of sp³-hybridized carbons (Fsp3) is 0.379. The van der Waals surface area contributed by atoms with Crippen LogP contribution in [0.25, 0.3) is 0 Å². The lowest BCUT2D eigenvalue weighted by Crippen LogP contribution is -2.48. The molecule has 1 atom stereocenters. The number of benzene rings is 2. The van der Waals surface area contributed by atoms with Gasteiger partial charge in [-0.2, -0.15) is 0 Å². The first-order valence-corrected chi connectivity index (χ1v) is 12.8. The average Bonchev–Trinajstić information content (AvgIpc) is 2.93. The fourth-order valence-electron chi connectivity index (χ4n) is 4.77. The Morgan fingerprint density at radius 3 is 2.50 bits per heavy atom. The van der Waals surface area contributed by atoms with Crippen molar-refractivity contribution >= 4 is 11.8 Å². The van der Waals surface area contributed by atoms with Crippen molar-refractivity contribution in [3.05, 3.63) is 90.0 Å². The summed E-state index contributed by atoms with van der Waals surface area (Å²) >= 11 is 0. The van der Waals surface area contributed by atoms with Gasteiger partial charge < -0.3 is 15.0 Å². The molecule has 1 aliphatic carbocycles. The maximum atomic E-state index is 14.0. The third kappa shape index (κ3) is 6.47. The van der Waals surface area contributed by atoms with E-state index >= 15 is 0 Å². The molecular weight excluding hydrogens is 452 g/mol. The molecule has 1 N–H and O–H groups in total. The van der Waals surface area contributed by atoms with Gasteiger partial charge in [-0.15, -0.1) is 0 Å². The summed E-state index contributed by atoms with van der Waals surface area (Å²) in [5, 5.41) is 3.25. The Kier molecular flexibility index (Phi) is 9.03. The number of nitrogens with zero attached hydrogens (tertiary/aromatic N) is 3. The Balaban J connectivity index is 1.73. The lowest BCUT2D eigenvalue weighted by atomic mass is 9.94. The first-order chi connectivity index (χ1) is 17.7. The van der Waals surface area contributed by atoms with Crippen molar-refractivity contribution in [1.82, 2.24) is 20.2 Å². The van der Waals surface area contributed by atoms with Crippen LogP contribution in [0, 0.1) is 0 Å². The van der Waals surface area contributed by atoms with Crippen molar-refractivity contribution in [2.24, 2.45) is 0 Å². The minimum Gasteiger partial charge on any atom is -0.494 e. The number of para-hydroxylation sites is 1. The molecule has 1 aliphatic rings. The molecule has 0 aliphatic heterocycles. The van der Waals surface area contributed by atoms with Crippen LogP contribution in [0.5, 0.6) is 5.75 Å². The minimum absolute atomic E-state index is 0.107. The maximum Gasteiger partial charge on any atom is 0.275 e. The van der Waals surface area contributed by atoms with Crippen LogP contribution in [0.1, 0.15) is 66.7 Å². The van der Waals surface area contributed by atoms with Crippen LogP contribution in [0.3, 0.4) is 0 Å². The van der Waals surface area contributed by atoms with Gasteiger partial charge in [0, 0.05) is 30.5 Å². The van der Waals surface area contributed by atoms with Gasteiger partial charge in [0.15, 0.2) is 0 Å². The van der Waals surface area contributed by atoms with Crippen molar-refractivity contribution in [3.8, 4) is 5.75 Å². The topological polar surface area (TPSA) is 84.4 Å². The van der Waals surface area contributed by atoms with E-state index in [9.17, 15) is 9.59 Å². The molecule has 1 aromatic heterocycles. The van der Waals surface area contributed by atoms with Gasteiger partial charge >= 0.3 is 0 Å². The standard InChI is InChI=1S/C29H34N4O3/c1-2-36-26-16-10-9-15-24(26)27(28(34)32-23-13-7-4-8-14-23)33(20-17-22-11-5-3-6-12-22)29(35)25-21-30-18-19-31-25/h3,5-6,9-12,15-16,18-19,21,23,27H,2,4,7-8,13-14,17,20H2,1H3,(H,32,34). The van der Waals surface area contributed by atoms with Crippen LogP contribution in [-0.2, 0) is 11.2 Å². The summed E-state index contributed by atoms with van der Waals surface area (Å²) in [5.41, 5.74) is 1.95. The second kappa shape index (κ2) is 12.8. The van der Waals surface area contributed by atoms with Gasteiger partial charge in [0.1, 0.15) is 17.5 Å². The van der Waals surface area contributed by atoms with Gasteiger partial charge in [-0.1, -0.05) is 67.8 Å². The van der Waals surface area contributed by atoms with Gasteiger partial charge in [0.25, 0.3) is 5.91 Å². The molecule has 4 rings (SSSR count). The third-order valence-electron chi connectivity index (χ3n) is 6.55. The quantitative estimate of drug-likeness (QED) is 0.447. The summed E-state index contributed by atoms with van der Waals surface area (Å²) in [6.07, 6.45) is 10.4. The largest absolute Gasteiger partial charge is 0.494 e. The molecule has 0 radical (unpaired) electrons.